The molecule has 14 heteroatoms. The van der Waals surface area contributed by atoms with E-state index in [9.17, 15) is 45.3 Å². The SMILES string of the molecule is CC(C)(CC(=O)O)C(=O)OC[C@H]1O[C@H](O[C@]2(CO)O[C@H](CO)[C@@H](O)[C@@H]2O)[C@H](O)[C@@H](O)[C@@H]1O. The van der Waals surface area contributed by atoms with Gasteiger partial charge in [-0.2, -0.15) is 0 Å². The van der Waals surface area contributed by atoms with Gasteiger partial charge >= 0.3 is 11.9 Å². The third kappa shape index (κ3) is 5.36. The number of aliphatic hydroxyl groups is 7. The lowest BCUT2D eigenvalue weighted by Crippen LogP contribution is -2.63. The molecule has 0 aromatic heterocycles. The molecule has 8 N–H and O–H groups in total. The van der Waals surface area contributed by atoms with Crippen LogP contribution < -0.4 is 0 Å². The fourth-order valence-electron chi connectivity index (χ4n) is 3.42. The number of ether oxygens (including phenoxy) is 4. The van der Waals surface area contributed by atoms with Crippen molar-refractivity contribution in [2.24, 2.45) is 5.41 Å². The van der Waals surface area contributed by atoms with Crippen LogP contribution in [0.1, 0.15) is 20.3 Å². The van der Waals surface area contributed by atoms with Gasteiger partial charge in [0, 0.05) is 0 Å². The van der Waals surface area contributed by atoms with Crippen molar-refractivity contribution < 1.29 is 69.4 Å². The highest BCUT2D eigenvalue weighted by atomic mass is 16.8. The lowest BCUT2D eigenvalue weighted by atomic mass is 9.89. The molecule has 2 aliphatic heterocycles. The fourth-order valence-corrected chi connectivity index (χ4v) is 3.42. The number of hydrogen-bond acceptors (Lipinski definition) is 13. The number of rotatable bonds is 9. The van der Waals surface area contributed by atoms with Crippen molar-refractivity contribution in [1.29, 1.82) is 0 Å². The van der Waals surface area contributed by atoms with Crippen molar-refractivity contribution >= 4 is 11.9 Å². The van der Waals surface area contributed by atoms with Gasteiger partial charge in [-0.05, 0) is 13.8 Å². The number of carboxylic acids is 1. The van der Waals surface area contributed by atoms with E-state index in [1.807, 2.05) is 0 Å². The number of carbonyl (C=O) groups is 2. The second kappa shape index (κ2) is 10.2. The smallest absolute Gasteiger partial charge is 0.312 e. The van der Waals surface area contributed by atoms with Crippen LogP contribution in [0.2, 0.25) is 0 Å². The topological polar surface area (TPSA) is 233 Å². The molecule has 0 unspecified atom stereocenters. The molecular weight excluding hydrogens is 440 g/mol. The van der Waals surface area contributed by atoms with E-state index in [0.29, 0.717) is 0 Å². The Morgan fingerprint density at radius 1 is 0.969 bits per heavy atom. The van der Waals surface area contributed by atoms with Gasteiger partial charge in [-0.25, -0.2) is 0 Å². The lowest BCUT2D eigenvalue weighted by molar-refractivity contribution is -0.383. The first-order valence-corrected chi connectivity index (χ1v) is 9.81. The van der Waals surface area contributed by atoms with E-state index in [2.05, 4.69) is 0 Å². The van der Waals surface area contributed by atoms with Crippen LogP contribution >= 0.6 is 0 Å². The number of aliphatic hydroxyl groups excluding tert-OH is 7. The largest absolute Gasteiger partial charge is 0.481 e. The molecule has 186 valence electrons. The molecule has 0 aromatic carbocycles. The lowest BCUT2D eigenvalue weighted by Gasteiger charge is -2.43. The van der Waals surface area contributed by atoms with Gasteiger partial charge in [0.15, 0.2) is 6.29 Å². The van der Waals surface area contributed by atoms with Crippen LogP contribution in [0.25, 0.3) is 0 Å². The Morgan fingerprint density at radius 2 is 1.59 bits per heavy atom. The molecule has 0 aromatic rings. The summed E-state index contributed by atoms with van der Waals surface area (Å²) in [7, 11) is 0. The van der Waals surface area contributed by atoms with Crippen LogP contribution in [0.5, 0.6) is 0 Å². The first kappa shape index (κ1) is 26.8. The van der Waals surface area contributed by atoms with Crippen molar-refractivity contribution in [3.63, 3.8) is 0 Å². The Hall–Kier alpha value is -1.46. The molecule has 0 radical (unpaired) electrons. The van der Waals surface area contributed by atoms with Crippen molar-refractivity contribution in [2.45, 2.75) is 75.1 Å². The highest BCUT2D eigenvalue weighted by Gasteiger charge is 2.58. The van der Waals surface area contributed by atoms with Gasteiger partial charge in [0.1, 0.15) is 55.9 Å². The average Bonchev–Trinajstić information content (AvgIpc) is 2.97. The molecule has 2 saturated heterocycles. The normalized spacial score (nSPS) is 40.3. The highest BCUT2D eigenvalue weighted by Crippen LogP contribution is 2.36. The van der Waals surface area contributed by atoms with Crippen LogP contribution in [-0.2, 0) is 28.5 Å². The Bertz CT molecular complexity index is 670. The molecule has 2 heterocycles. The monoisotopic (exact) mass is 470 g/mol. The third-order valence-electron chi connectivity index (χ3n) is 5.41. The summed E-state index contributed by atoms with van der Waals surface area (Å²) >= 11 is 0. The predicted molar refractivity (Wildman–Crippen MR) is 98.5 cm³/mol. The van der Waals surface area contributed by atoms with E-state index in [1.165, 1.54) is 13.8 Å². The van der Waals surface area contributed by atoms with E-state index in [4.69, 9.17) is 24.1 Å². The number of carboxylic acid groups (broad SMARTS) is 1. The van der Waals surface area contributed by atoms with Crippen LogP contribution in [0.4, 0.5) is 0 Å². The summed E-state index contributed by atoms with van der Waals surface area (Å²) in [4.78, 5) is 23.1. The zero-order valence-electron chi connectivity index (χ0n) is 17.5. The maximum Gasteiger partial charge on any atom is 0.312 e. The van der Waals surface area contributed by atoms with Gasteiger partial charge in [-0.15, -0.1) is 0 Å². The molecule has 2 rings (SSSR count). The summed E-state index contributed by atoms with van der Waals surface area (Å²) in [5, 5.41) is 78.5. The first-order chi connectivity index (χ1) is 14.8. The van der Waals surface area contributed by atoms with Gasteiger partial charge in [0.25, 0.3) is 0 Å². The number of aliphatic carboxylic acids is 1. The minimum Gasteiger partial charge on any atom is -0.481 e. The fraction of sp³-hybridized carbons (Fsp3) is 0.889. The van der Waals surface area contributed by atoms with Gasteiger partial charge in [0.2, 0.25) is 5.79 Å². The summed E-state index contributed by atoms with van der Waals surface area (Å²) < 4.78 is 20.9. The van der Waals surface area contributed by atoms with Gasteiger partial charge in [-0.3, -0.25) is 9.59 Å². The third-order valence-corrected chi connectivity index (χ3v) is 5.41. The molecule has 0 spiro atoms. The molecule has 0 bridgehead atoms. The maximum absolute atomic E-state index is 12.2. The minimum absolute atomic E-state index is 0.532. The summed E-state index contributed by atoms with van der Waals surface area (Å²) in [6.07, 6.45) is -14.2. The quantitative estimate of drug-likeness (QED) is 0.149. The Morgan fingerprint density at radius 3 is 2.09 bits per heavy atom. The first-order valence-electron chi connectivity index (χ1n) is 9.81. The standard InChI is InChI=1S/C18H30O14/c1-17(2,3-9(21)22)16(28)29-5-8-10(23)12(25)13(26)15(30-8)32-18(6-20)14(27)11(24)7(4-19)31-18/h7-8,10-15,19-20,23-27H,3-6H2,1-2H3,(H,21,22)/t7-,8-,10-,11-,12+,13-,14+,15-,18+/m1/s1. The Labute approximate surface area is 182 Å². The number of esters is 1. The molecule has 0 amide bonds. The van der Waals surface area contributed by atoms with E-state index >= 15 is 0 Å². The van der Waals surface area contributed by atoms with Crippen LogP contribution in [0.15, 0.2) is 0 Å². The predicted octanol–water partition coefficient (Wildman–Crippen LogP) is -4.34. The van der Waals surface area contributed by atoms with Gasteiger partial charge in [0.05, 0.1) is 18.4 Å². The highest BCUT2D eigenvalue weighted by molar-refractivity contribution is 5.82. The van der Waals surface area contributed by atoms with Crippen molar-refractivity contribution in [2.75, 3.05) is 19.8 Å². The summed E-state index contributed by atoms with van der Waals surface area (Å²) in [6, 6.07) is 0. The summed E-state index contributed by atoms with van der Waals surface area (Å²) in [5.41, 5.74) is -1.41. The zero-order chi connectivity index (χ0) is 24.4. The molecular formula is C18H30O14. The second-order valence-electron chi connectivity index (χ2n) is 8.43. The Balaban J connectivity index is 2.12. The second-order valence-corrected chi connectivity index (χ2v) is 8.43. The van der Waals surface area contributed by atoms with E-state index in [1.54, 1.807) is 0 Å². The van der Waals surface area contributed by atoms with Crippen molar-refractivity contribution in [3.8, 4) is 0 Å². The van der Waals surface area contributed by atoms with Crippen molar-refractivity contribution in [3.05, 3.63) is 0 Å². The molecule has 0 saturated carbocycles. The summed E-state index contributed by atoms with van der Waals surface area (Å²) in [6.45, 7) is 0.223. The van der Waals surface area contributed by atoms with Gasteiger partial charge in [-0.1, -0.05) is 0 Å². The summed E-state index contributed by atoms with van der Waals surface area (Å²) in [5.74, 6) is -4.50. The zero-order valence-corrected chi connectivity index (χ0v) is 17.5. The average molecular weight is 470 g/mol. The molecule has 0 aliphatic carbocycles. The molecule has 9 atom stereocenters. The number of carbonyl (C=O) groups excluding carboxylic acids is 1. The van der Waals surface area contributed by atoms with E-state index < -0.39 is 98.4 Å². The Kier molecular flexibility index (Phi) is 8.55. The van der Waals surface area contributed by atoms with Gasteiger partial charge < -0.3 is 59.8 Å². The molecule has 2 fully saturated rings. The van der Waals surface area contributed by atoms with E-state index in [0.717, 1.165) is 0 Å². The van der Waals surface area contributed by atoms with Crippen LogP contribution in [-0.4, -0.2) is 127 Å². The molecule has 2 aliphatic rings. The van der Waals surface area contributed by atoms with E-state index in [-0.39, 0.29) is 0 Å². The minimum atomic E-state index is -2.34. The maximum atomic E-state index is 12.2. The molecule has 32 heavy (non-hydrogen) atoms. The van der Waals surface area contributed by atoms with Crippen LogP contribution in [0, 0.1) is 5.41 Å². The van der Waals surface area contributed by atoms with Crippen molar-refractivity contribution in [1.82, 2.24) is 0 Å². The number of hydrogen-bond donors (Lipinski definition) is 8. The van der Waals surface area contributed by atoms with Crippen LogP contribution in [0.3, 0.4) is 0 Å². The molecule has 14 nitrogen and oxygen atoms in total.